The number of para-hydroxylation sites is 1. The third-order valence-electron chi connectivity index (χ3n) is 2.95. The highest BCUT2D eigenvalue weighted by Gasteiger charge is 1.97. The topological polar surface area (TPSA) is 24.1 Å². The van der Waals surface area contributed by atoms with Gasteiger partial charge >= 0.3 is 0 Å². The molecule has 0 saturated heterocycles. The standard InChI is InChI=1S/C17H20N2S2/c1-14-7-9-15(10-8-14)13-21-12-11-18-17(20)19-16-5-3-2-4-6-16/h2-10H,11-13H2,1H3,(H2,18,19,20). The van der Waals surface area contributed by atoms with E-state index in [2.05, 4.69) is 41.8 Å². The Hall–Kier alpha value is -1.52. The molecule has 2 nitrogen and oxygen atoms in total. The molecule has 0 heterocycles. The molecule has 0 aliphatic heterocycles. The van der Waals surface area contributed by atoms with Crippen LogP contribution in [0.15, 0.2) is 54.6 Å². The van der Waals surface area contributed by atoms with Gasteiger partial charge < -0.3 is 10.6 Å². The zero-order valence-corrected chi connectivity index (χ0v) is 13.8. The number of thiocarbonyl (C=S) groups is 1. The van der Waals surface area contributed by atoms with E-state index in [1.807, 2.05) is 42.1 Å². The minimum atomic E-state index is 0.678. The summed E-state index contributed by atoms with van der Waals surface area (Å²) in [5.74, 6) is 2.07. The fourth-order valence-corrected chi connectivity index (χ4v) is 2.85. The van der Waals surface area contributed by atoms with Gasteiger partial charge in [-0.1, -0.05) is 48.0 Å². The summed E-state index contributed by atoms with van der Waals surface area (Å²) in [5.41, 5.74) is 3.70. The van der Waals surface area contributed by atoms with Gasteiger partial charge in [0, 0.05) is 23.7 Å². The van der Waals surface area contributed by atoms with Crippen LogP contribution in [-0.2, 0) is 5.75 Å². The highest BCUT2D eigenvalue weighted by Crippen LogP contribution is 2.12. The molecule has 0 aliphatic rings. The van der Waals surface area contributed by atoms with Crippen molar-refractivity contribution >= 4 is 34.8 Å². The Morgan fingerprint density at radius 3 is 2.48 bits per heavy atom. The average molecular weight is 316 g/mol. The largest absolute Gasteiger partial charge is 0.362 e. The number of nitrogens with one attached hydrogen (secondary N) is 2. The number of aryl methyl sites for hydroxylation is 1. The minimum Gasteiger partial charge on any atom is -0.362 e. The minimum absolute atomic E-state index is 0.678. The lowest BCUT2D eigenvalue weighted by Crippen LogP contribution is -2.30. The van der Waals surface area contributed by atoms with Crippen molar-refractivity contribution in [2.75, 3.05) is 17.6 Å². The van der Waals surface area contributed by atoms with E-state index < -0.39 is 0 Å². The molecule has 2 aromatic carbocycles. The average Bonchev–Trinajstić information content (AvgIpc) is 2.50. The first-order valence-electron chi connectivity index (χ1n) is 6.97. The molecule has 4 heteroatoms. The molecule has 0 spiro atoms. The van der Waals surface area contributed by atoms with Gasteiger partial charge in [-0.2, -0.15) is 11.8 Å². The van der Waals surface area contributed by atoms with E-state index in [9.17, 15) is 0 Å². The van der Waals surface area contributed by atoms with E-state index in [1.54, 1.807) is 0 Å². The van der Waals surface area contributed by atoms with Crippen LogP contribution in [0, 0.1) is 6.92 Å². The fraction of sp³-hybridized carbons (Fsp3) is 0.235. The molecule has 0 fully saturated rings. The molecule has 0 radical (unpaired) electrons. The molecule has 0 atom stereocenters. The number of thioether (sulfide) groups is 1. The normalized spacial score (nSPS) is 10.1. The summed E-state index contributed by atoms with van der Waals surface area (Å²) >= 11 is 7.17. The van der Waals surface area contributed by atoms with Crippen LogP contribution in [0.4, 0.5) is 5.69 Å². The zero-order valence-electron chi connectivity index (χ0n) is 12.1. The van der Waals surface area contributed by atoms with Crippen LogP contribution < -0.4 is 10.6 Å². The van der Waals surface area contributed by atoms with Crippen LogP contribution in [0.25, 0.3) is 0 Å². The predicted molar refractivity (Wildman–Crippen MR) is 98.0 cm³/mol. The van der Waals surface area contributed by atoms with E-state index in [0.29, 0.717) is 5.11 Å². The van der Waals surface area contributed by atoms with Gasteiger partial charge in [-0.05, 0) is 36.8 Å². The van der Waals surface area contributed by atoms with Crippen LogP contribution in [0.5, 0.6) is 0 Å². The van der Waals surface area contributed by atoms with Crippen LogP contribution in [0.1, 0.15) is 11.1 Å². The van der Waals surface area contributed by atoms with Crippen molar-refractivity contribution < 1.29 is 0 Å². The molecule has 0 saturated carbocycles. The van der Waals surface area contributed by atoms with Crippen LogP contribution >= 0.6 is 24.0 Å². The van der Waals surface area contributed by atoms with Gasteiger partial charge in [0.1, 0.15) is 0 Å². The van der Waals surface area contributed by atoms with E-state index in [-0.39, 0.29) is 0 Å². The Balaban J connectivity index is 1.59. The van der Waals surface area contributed by atoms with Crippen LogP contribution in [0.3, 0.4) is 0 Å². The molecule has 2 N–H and O–H groups in total. The van der Waals surface area contributed by atoms with Crippen molar-refractivity contribution in [3.63, 3.8) is 0 Å². The number of benzene rings is 2. The summed E-state index contributed by atoms with van der Waals surface area (Å²) in [6, 6.07) is 18.7. The monoisotopic (exact) mass is 316 g/mol. The van der Waals surface area contributed by atoms with Crippen molar-refractivity contribution in [1.29, 1.82) is 0 Å². The van der Waals surface area contributed by atoms with Crippen LogP contribution in [-0.4, -0.2) is 17.4 Å². The van der Waals surface area contributed by atoms with Crippen LogP contribution in [0.2, 0.25) is 0 Å². The maximum atomic E-state index is 5.26. The number of anilines is 1. The SMILES string of the molecule is Cc1ccc(CSCCNC(=S)Nc2ccccc2)cc1. The van der Waals surface area contributed by atoms with E-state index >= 15 is 0 Å². The van der Waals surface area contributed by atoms with Crippen molar-refractivity contribution in [3.8, 4) is 0 Å². The third-order valence-corrected chi connectivity index (χ3v) is 4.23. The van der Waals surface area contributed by atoms with Crippen molar-refractivity contribution in [2.24, 2.45) is 0 Å². The van der Waals surface area contributed by atoms with Crippen molar-refractivity contribution in [3.05, 3.63) is 65.7 Å². The smallest absolute Gasteiger partial charge is 0.170 e. The molecule has 110 valence electrons. The quantitative estimate of drug-likeness (QED) is 0.616. The summed E-state index contributed by atoms with van der Waals surface area (Å²) in [7, 11) is 0. The Morgan fingerprint density at radius 2 is 1.76 bits per heavy atom. The highest BCUT2D eigenvalue weighted by atomic mass is 32.2. The summed E-state index contributed by atoms with van der Waals surface area (Å²) in [4.78, 5) is 0. The summed E-state index contributed by atoms with van der Waals surface area (Å²) in [5, 5.41) is 7.07. The third kappa shape index (κ3) is 6.19. The van der Waals surface area contributed by atoms with Gasteiger partial charge in [0.2, 0.25) is 0 Å². The van der Waals surface area contributed by atoms with Gasteiger partial charge in [0.05, 0.1) is 0 Å². The number of hydrogen-bond donors (Lipinski definition) is 2. The molecule has 0 bridgehead atoms. The van der Waals surface area contributed by atoms with E-state index in [4.69, 9.17) is 12.2 Å². The maximum absolute atomic E-state index is 5.26. The Kier molecular flexibility index (Phi) is 6.57. The first kappa shape index (κ1) is 15.9. The highest BCUT2D eigenvalue weighted by molar-refractivity contribution is 7.98. The second-order valence-electron chi connectivity index (χ2n) is 4.79. The Labute approximate surface area is 136 Å². The van der Waals surface area contributed by atoms with Gasteiger partial charge in [-0.25, -0.2) is 0 Å². The molecular formula is C17H20N2S2. The molecule has 2 aromatic rings. The lowest BCUT2D eigenvalue weighted by Gasteiger charge is -2.10. The Morgan fingerprint density at radius 1 is 1.05 bits per heavy atom. The van der Waals surface area contributed by atoms with Gasteiger partial charge in [-0.15, -0.1) is 0 Å². The second-order valence-corrected chi connectivity index (χ2v) is 6.30. The van der Waals surface area contributed by atoms with Gasteiger partial charge in [0.25, 0.3) is 0 Å². The predicted octanol–water partition coefficient (Wildman–Crippen LogP) is 4.21. The zero-order chi connectivity index (χ0) is 14.9. The summed E-state index contributed by atoms with van der Waals surface area (Å²) in [6.45, 7) is 2.98. The fourth-order valence-electron chi connectivity index (χ4n) is 1.81. The maximum Gasteiger partial charge on any atom is 0.170 e. The van der Waals surface area contributed by atoms with Gasteiger partial charge in [-0.3, -0.25) is 0 Å². The number of rotatable bonds is 6. The van der Waals surface area contributed by atoms with Crippen molar-refractivity contribution in [2.45, 2.75) is 12.7 Å². The lowest BCUT2D eigenvalue weighted by atomic mass is 10.2. The van der Waals surface area contributed by atoms with Gasteiger partial charge in [0.15, 0.2) is 5.11 Å². The molecule has 0 aromatic heterocycles. The van der Waals surface area contributed by atoms with Crippen molar-refractivity contribution in [1.82, 2.24) is 5.32 Å². The summed E-state index contributed by atoms with van der Waals surface area (Å²) in [6.07, 6.45) is 0. The molecular weight excluding hydrogens is 296 g/mol. The number of hydrogen-bond acceptors (Lipinski definition) is 2. The molecule has 0 unspecified atom stereocenters. The first-order chi connectivity index (χ1) is 10.2. The molecule has 0 aliphatic carbocycles. The van der Waals surface area contributed by atoms with E-state index in [0.717, 1.165) is 23.7 Å². The second kappa shape index (κ2) is 8.70. The first-order valence-corrected chi connectivity index (χ1v) is 8.53. The molecule has 2 rings (SSSR count). The lowest BCUT2D eigenvalue weighted by molar-refractivity contribution is 0.990. The molecule has 0 amide bonds. The molecule has 21 heavy (non-hydrogen) atoms. The van der Waals surface area contributed by atoms with E-state index in [1.165, 1.54) is 11.1 Å². The summed E-state index contributed by atoms with van der Waals surface area (Å²) < 4.78 is 0. The Bertz CT molecular complexity index is 553.